The van der Waals surface area contributed by atoms with E-state index in [0.717, 1.165) is 21.5 Å². The molecule has 6 aromatic rings. The number of hydrogen-bond donors (Lipinski definition) is 1. The van der Waals surface area contributed by atoms with Gasteiger partial charge in [0.05, 0.1) is 17.5 Å². The van der Waals surface area contributed by atoms with Gasteiger partial charge < -0.3 is 14.2 Å². The third kappa shape index (κ3) is 4.72. The number of sulfonamides is 1. The van der Waals surface area contributed by atoms with E-state index >= 15 is 0 Å². The van der Waals surface area contributed by atoms with Crippen LogP contribution in [-0.2, 0) is 10.0 Å². The summed E-state index contributed by atoms with van der Waals surface area (Å²) < 4.78 is 52.3. The van der Waals surface area contributed by atoms with Gasteiger partial charge in [0.2, 0.25) is 10.0 Å². The van der Waals surface area contributed by atoms with Crippen LogP contribution in [0.2, 0.25) is 0 Å². The lowest BCUT2D eigenvalue weighted by atomic mass is 9.98. The van der Waals surface area contributed by atoms with Gasteiger partial charge in [0.1, 0.15) is 28.5 Å². The molecule has 0 fully saturated rings. The Balaban J connectivity index is 1.61. The van der Waals surface area contributed by atoms with E-state index in [0.29, 0.717) is 44.7 Å². The Hall–Kier alpha value is -4.96. The third-order valence-electron chi connectivity index (χ3n) is 6.96. The standard InChI is InChI=1S/C31H24FN3O5S/c1-33-31(36)29-24-14-23(20-12-21(17-34-16-20)27-13-19-6-4-5-7-26(19)39-27)25(35(2)41(3,37)38)15-28(24)40-30(29)18-8-10-22(32)11-9-18/h4-17H,1-3H3,(H,33,36). The van der Waals surface area contributed by atoms with Crippen molar-refractivity contribution in [2.75, 3.05) is 24.7 Å². The maximum absolute atomic E-state index is 13.7. The van der Waals surface area contributed by atoms with Crippen LogP contribution >= 0.6 is 0 Å². The fourth-order valence-electron chi connectivity index (χ4n) is 4.80. The Morgan fingerprint density at radius 1 is 0.902 bits per heavy atom. The Morgan fingerprint density at radius 3 is 2.34 bits per heavy atom. The minimum Gasteiger partial charge on any atom is -0.456 e. The normalized spacial score (nSPS) is 11.7. The van der Waals surface area contributed by atoms with Crippen molar-refractivity contribution >= 4 is 43.6 Å². The molecular weight excluding hydrogens is 545 g/mol. The molecule has 0 aliphatic rings. The molecule has 0 spiro atoms. The van der Waals surface area contributed by atoms with E-state index in [9.17, 15) is 17.6 Å². The first kappa shape index (κ1) is 26.3. The highest BCUT2D eigenvalue weighted by Gasteiger charge is 2.26. The Labute approximate surface area is 235 Å². The summed E-state index contributed by atoms with van der Waals surface area (Å²) in [4.78, 5) is 17.5. The number of fused-ring (bicyclic) bond motifs is 2. The van der Waals surface area contributed by atoms with Crippen molar-refractivity contribution in [3.8, 4) is 33.8 Å². The monoisotopic (exact) mass is 569 g/mol. The highest BCUT2D eigenvalue weighted by molar-refractivity contribution is 7.92. The second-order valence-corrected chi connectivity index (χ2v) is 11.6. The summed E-state index contributed by atoms with van der Waals surface area (Å²) in [5, 5.41) is 4.04. The quantitative estimate of drug-likeness (QED) is 0.247. The number of anilines is 1. The molecule has 0 saturated carbocycles. The molecule has 8 nitrogen and oxygen atoms in total. The molecule has 0 atom stereocenters. The number of hydrogen-bond acceptors (Lipinski definition) is 6. The van der Waals surface area contributed by atoms with Gasteiger partial charge in [-0.3, -0.25) is 14.1 Å². The lowest BCUT2D eigenvalue weighted by Crippen LogP contribution is -2.25. The molecule has 41 heavy (non-hydrogen) atoms. The van der Waals surface area contributed by atoms with Crippen LogP contribution in [0.25, 0.3) is 55.7 Å². The molecule has 3 aromatic carbocycles. The first-order valence-corrected chi connectivity index (χ1v) is 14.5. The van der Waals surface area contributed by atoms with E-state index in [-0.39, 0.29) is 11.3 Å². The first-order chi connectivity index (χ1) is 19.6. The molecule has 0 radical (unpaired) electrons. The van der Waals surface area contributed by atoms with Crippen molar-refractivity contribution in [1.82, 2.24) is 10.3 Å². The molecule has 6 rings (SSSR count). The van der Waals surface area contributed by atoms with Crippen molar-refractivity contribution in [3.05, 3.63) is 96.6 Å². The van der Waals surface area contributed by atoms with Crippen molar-refractivity contribution in [2.24, 2.45) is 0 Å². The van der Waals surface area contributed by atoms with Gasteiger partial charge in [-0.25, -0.2) is 12.8 Å². The Morgan fingerprint density at radius 2 is 1.63 bits per heavy atom. The van der Waals surface area contributed by atoms with Crippen LogP contribution in [0.15, 0.2) is 94.0 Å². The van der Waals surface area contributed by atoms with Crippen molar-refractivity contribution < 1.29 is 26.4 Å². The third-order valence-corrected chi connectivity index (χ3v) is 8.15. The summed E-state index contributed by atoms with van der Waals surface area (Å²) in [6.45, 7) is 0. The summed E-state index contributed by atoms with van der Waals surface area (Å²) in [5.74, 6) is 0.00106. The maximum Gasteiger partial charge on any atom is 0.255 e. The highest BCUT2D eigenvalue weighted by Crippen LogP contribution is 2.42. The Kier molecular flexibility index (Phi) is 6.34. The predicted molar refractivity (Wildman–Crippen MR) is 157 cm³/mol. The van der Waals surface area contributed by atoms with Gasteiger partial charge in [0.15, 0.2) is 0 Å². The zero-order chi connectivity index (χ0) is 28.9. The van der Waals surface area contributed by atoms with E-state index in [2.05, 4.69) is 10.3 Å². The number of carbonyl (C=O) groups excluding carboxylic acids is 1. The summed E-state index contributed by atoms with van der Waals surface area (Å²) in [7, 11) is -0.737. The number of carbonyl (C=O) groups is 1. The number of amides is 1. The number of benzene rings is 3. The van der Waals surface area contributed by atoms with Crippen molar-refractivity contribution in [2.45, 2.75) is 0 Å². The van der Waals surface area contributed by atoms with Gasteiger partial charge in [0, 0.05) is 65.6 Å². The number of halogens is 1. The SMILES string of the molecule is CNC(=O)c1c(-c2ccc(F)cc2)oc2cc(N(C)S(C)(=O)=O)c(-c3cncc(-c4cc5ccccc5o4)c3)cc12. The minimum absolute atomic E-state index is 0.235. The van der Waals surface area contributed by atoms with Gasteiger partial charge >= 0.3 is 0 Å². The largest absolute Gasteiger partial charge is 0.456 e. The number of pyridine rings is 1. The zero-order valence-corrected chi connectivity index (χ0v) is 23.1. The number of nitrogens with one attached hydrogen (secondary N) is 1. The molecule has 1 amide bonds. The summed E-state index contributed by atoms with van der Waals surface area (Å²) in [5.41, 5.74) is 3.88. The zero-order valence-electron chi connectivity index (χ0n) is 22.3. The molecular formula is C31H24FN3O5S. The molecule has 206 valence electrons. The Bertz CT molecular complexity index is 2030. The van der Waals surface area contributed by atoms with Crippen LogP contribution in [0.3, 0.4) is 0 Å². The van der Waals surface area contributed by atoms with Gasteiger partial charge in [-0.15, -0.1) is 0 Å². The molecule has 0 aliphatic heterocycles. The van der Waals surface area contributed by atoms with Crippen LogP contribution in [0, 0.1) is 5.82 Å². The topological polar surface area (TPSA) is 106 Å². The van der Waals surface area contributed by atoms with Crippen molar-refractivity contribution in [1.29, 1.82) is 0 Å². The molecule has 3 aromatic heterocycles. The highest BCUT2D eigenvalue weighted by atomic mass is 32.2. The molecule has 3 heterocycles. The van der Waals surface area contributed by atoms with E-state index in [1.54, 1.807) is 24.5 Å². The lowest BCUT2D eigenvalue weighted by molar-refractivity contribution is 0.0964. The van der Waals surface area contributed by atoms with Crippen LogP contribution in [-0.4, -0.2) is 39.7 Å². The number of para-hydroxylation sites is 1. The van der Waals surface area contributed by atoms with E-state index in [1.807, 2.05) is 36.4 Å². The molecule has 1 N–H and O–H groups in total. The summed E-state index contributed by atoms with van der Waals surface area (Å²) in [6, 6.07) is 20.3. The second kappa shape index (κ2) is 9.90. The van der Waals surface area contributed by atoms with Crippen LogP contribution in [0.4, 0.5) is 10.1 Å². The number of nitrogens with zero attached hydrogens (tertiary/aromatic N) is 2. The molecule has 0 aliphatic carbocycles. The first-order valence-electron chi connectivity index (χ1n) is 12.6. The van der Waals surface area contributed by atoms with Crippen LogP contribution in [0.1, 0.15) is 10.4 Å². The summed E-state index contributed by atoms with van der Waals surface area (Å²) >= 11 is 0. The molecule has 10 heteroatoms. The van der Waals surface area contributed by atoms with Gasteiger partial charge in [-0.1, -0.05) is 18.2 Å². The smallest absolute Gasteiger partial charge is 0.255 e. The van der Waals surface area contributed by atoms with Crippen LogP contribution < -0.4 is 9.62 Å². The average Bonchev–Trinajstić information content (AvgIpc) is 3.57. The van der Waals surface area contributed by atoms with Gasteiger partial charge in [-0.2, -0.15) is 0 Å². The van der Waals surface area contributed by atoms with Crippen molar-refractivity contribution in [3.63, 3.8) is 0 Å². The predicted octanol–water partition coefficient (Wildman–Crippen LogP) is 6.47. The van der Waals surface area contributed by atoms with E-state index in [4.69, 9.17) is 8.83 Å². The fourth-order valence-corrected chi connectivity index (χ4v) is 5.31. The number of rotatable bonds is 6. The maximum atomic E-state index is 13.7. The number of aromatic nitrogens is 1. The molecule has 0 bridgehead atoms. The van der Waals surface area contributed by atoms with E-state index in [1.165, 1.54) is 38.4 Å². The summed E-state index contributed by atoms with van der Waals surface area (Å²) in [6.07, 6.45) is 4.39. The molecule has 0 unspecified atom stereocenters. The second-order valence-electron chi connectivity index (χ2n) is 9.60. The lowest BCUT2D eigenvalue weighted by Gasteiger charge is -2.20. The van der Waals surface area contributed by atoms with Gasteiger partial charge in [0.25, 0.3) is 5.91 Å². The minimum atomic E-state index is -3.68. The fraction of sp³-hybridized carbons (Fsp3) is 0.0968. The molecule has 0 saturated heterocycles. The van der Waals surface area contributed by atoms with E-state index < -0.39 is 21.7 Å². The number of furan rings is 2. The van der Waals surface area contributed by atoms with Crippen LogP contribution in [0.5, 0.6) is 0 Å². The van der Waals surface area contributed by atoms with Gasteiger partial charge in [-0.05, 0) is 48.5 Å². The average molecular weight is 570 g/mol.